The highest BCUT2D eigenvalue weighted by atomic mass is 35.5. The predicted molar refractivity (Wildman–Crippen MR) is 82.1 cm³/mol. The van der Waals surface area contributed by atoms with Crippen LogP contribution in [0.25, 0.3) is 11.3 Å². The van der Waals surface area contributed by atoms with Gasteiger partial charge >= 0.3 is 12.2 Å². The van der Waals surface area contributed by atoms with E-state index in [1.54, 1.807) is 24.3 Å². The third kappa shape index (κ3) is 4.00. The summed E-state index contributed by atoms with van der Waals surface area (Å²) in [6.07, 6.45) is -3.43. The maximum atomic E-state index is 12.6. The van der Waals surface area contributed by atoms with Gasteiger partial charge in [-0.15, -0.1) is 0 Å². The Labute approximate surface area is 144 Å². The van der Waals surface area contributed by atoms with E-state index in [0.29, 0.717) is 5.02 Å². The number of hydrogen-bond donors (Lipinski definition) is 2. The summed E-state index contributed by atoms with van der Waals surface area (Å²) in [6, 6.07) is 7.52. The minimum absolute atomic E-state index is 0.0504. The molecule has 2 heterocycles. The summed E-state index contributed by atoms with van der Waals surface area (Å²) >= 11 is 5.78. The number of halogens is 4. The van der Waals surface area contributed by atoms with E-state index in [0.717, 1.165) is 17.8 Å². The number of aromatic nitrogens is 4. The molecular formula is C15H10ClF3N4O2. The Bertz CT molecular complexity index is 881. The van der Waals surface area contributed by atoms with E-state index >= 15 is 0 Å². The van der Waals surface area contributed by atoms with Gasteiger partial charge in [-0.1, -0.05) is 23.7 Å². The maximum absolute atomic E-state index is 12.6. The Balaban J connectivity index is 1.74. The number of ether oxygens (including phenoxy) is 1. The summed E-state index contributed by atoms with van der Waals surface area (Å²) < 4.78 is 43.1. The van der Waals surface area contributed by atoms with Crippen LogP contribution in [0.2, 0.25) is 5.02 Å². The minimum Gasteiger partial charge on any atom is -0.493 e. The van der Waals surface area contributed by atoms with E-state index in [1.165, 1.54) is 0 Å². The van der Waals surface area contributed by atoms with Crippen LogP contribution in [0.1, 0.15) is 11.3 Å². The molecule has 10 heteroatoms. The van der Waals surface area contributed by atoms with E-state index in [1.807, 2.05) is 5.10 Å². The van der Waals surface area contributed by atoms with Gasteiger partial charge in [-0.25, -0.2) is 4.98 Å². The quantitative estimate of drug-likeness (QED) is 0.729. The van der Waals surface area contributed by atoms with Crippen LogP contribution < -0.4 is 4.74 Å². The number of alkyl halides is 3. The second-order valence-corrected chi connectivity index (χ2v) is 5.41. The number of aromatic amines is 1. The molecule has 0 unspecified atom stereocenters. The van der Waals surface area contributed by atoms with E-state index in [2.05, 4.69) is 15.1 Å². The van der Waals surface area contributed by atoms with Crippen LogP contribution in [0, 0.1) is 0 Å². The lowest BCUT2D eigenvalue weighted by atomic mass is 10.2. The fraction of sp³-hybridized carbons (Fsp3) is 0.133. The Morgan fingerprint density at radius 3 is 2.52 bits per heavy atom. The minimum atomic E-state index is -4.57. The van der Waals surface area contributed by atoms with Crippen molar-refractivity contribution >= 4 is 11.6 Å². The molecule has 0 saturated heterocycles. The second kappa shape index (κ2) is 6.60. The molecule has 0 radical (unpaired) electrons. The summed E-state index contributed by atoms with van der Waals surface area (Å²) in [5, 5.41) is 15.8. The van der Waals surface area contributed by atoms with Crippen molar-refractivity contribution in [3.8, 4) is 23.1 Å². The van der Waals surface area contributed by atoms with Crippen LogP contribution in [0.5, 0.6) is 11.9 Å². The zero-order chi connectivity index (χ0) is 18.0. The van der Waals surface area contributed by atoms with Crippen LogP contribution in [0.3, 0.4) is 0 Å². The van der Waals surface area contributed by atoms with Crippen LogP contribution in [0.4, 0.5) is 13.2 Å². The third-order valence-corrected chi connectivity index (χ3v) is 3.44. The number of hydrogen-bond acceptors (Lipinski definition) is 5. The lowest BCUT2D eigenvalue weighted by molar-refractivity contribution is -0.141. The molecule has 130 valence electrons. The largest absolute Gasteiger partial charge is 0.493 e. The molecule has 0 atom stereocenters. The van der Waals surface area contributed by atoms with E-state index in [9.17, 15) is 18.3 Å². The molecule has 25 heavy (non-hydrogen) atoms. The number of nitrogens with one attached hydrogen (secondary N) is 1. The summed E-state index contributed by atoms with van der Waals surface area (Å²) in [5.41, 5.74) is -0.414. The Hall–Kier alpha value is -2.81. The third-order valence-electron chi connectivity index (χ3n) is 3.19. The first-order valence-electron chi connectivity index (χ1n) is 6.89. The van der Waals surface area contributed by atoms with Crippen molar-refractivity contribution < 1.29 is 23.0 Å². The van der Waals surface area contributed by atoms with Crippen molar-refractivity contribution in [1.29, 1.82) is 0 Å². The van der Waals surface area contributed by atoms with Crippen LogP contribution in [-0.2, 0) is 12.8 Å². The summed E-state index contributed by atoms with van der Waals surface area (Å²) in [4.78, 5) is 7.58. The Kier molecular flexibility index (Phi) is 4.49. The molecule has 0 aliphatic rings. The monoisotopic (exact) mass is 370 g/mol. The Morgan fingerprint density at radius 1 is 1.20 bits per heavy atom. The van der Waals surface area contributed by atoms with E-state index < -0.39 is 17.8 Å². The zero-order valence-electron chi connectivity index (χ0n) is 12.4. The molecule has 0 aliphatic carbocycles. The van der Waals surface area contributed by atoms with Gasteiger partial charge in [-0.3, -0.25) is 5.10 Å². The van der Waals surface area contributed by atoms with Gasteiger partial charge in [-0.2, -0.15) is 23.3 Å². The Morgan fingerprint density at radius 2 is 1.92 bits per heavy atom. The average Bonchev–Trinajstić information content (AvgIpc) is 3.04. The molecule has 0 saturated carbocycles. The highest BCUT2D eigenvalue weighted by Gasteiger charge is 2.33. The summed E-state index contributed by atoms with van der Waals surface area (Å²) in [7, 11) is 0. The average molecular weight is 371 g/mol. The molecule has 0 aliphatic heterocycles. The van der Waals surface area contributed by atoms with Crippen molar-refractivity contribution in [3.05, 3.63) is 52.8 Å². The topological polar surface area (TPSA) is 83.9 Å². The molecule has 6 nitrogen and oxygen atoms in total. The first-order valence-corrected chi connectivity index (χ1v) is 7.27. The summed E-state index contributed by atoms with van der Waals surface area (Å²) in [5.74, 6) is -0.540. The molecular weight excluding hydrogens is 361 g/mol. The lowest BCUT2D eigenvalue weighted by Crippen LogP contribution is -2.04. The standard InChI is InChI=1S/C15H10ClF3N4O2/c16-9-3-1-8(2-4-9)7-25-14-20-6-10(13(24)21-14)11-5-12(23-22-11)15(17,18)19/h1-6H,7H2,(H,22,23)(H,20,21,24). The fourth-order valence-corrected chi connectivity index (χ4v) is 2.07. The lowest BCUT2D eigenvalue weighted by Gasteiger charge is -2.06. The van der Waals surface area contributed by atoms with Crippen molar-refractivity contribution in [3.63, 3.8) is 0 Å². The molecule has 1 aromatic carbocycles. The normalized spacial score (nSPS) is 11.5. The smallest absolute Gasteiger partial charge is 0.432 e. The molecule has 0 spiro atoms. The van der Waals surface area contributed by atoms with Gasteiger partial charge < -0.3 is 9.84 Å². The number of rotatable bonds is 4. The molecule has 0 fully saturated rings. The number of H-pyrrole nitrogens is 1. The van der Waals surface area contributed by atoms with E-state index in [-0.39, 0.29) is 23.9 Å². The van der Waals surface area contributed by atoms with Crippen LogP contribution >= 0.6 is 11.6 Å². The predicted octanol–water partition coefficient (Wildman–Crippen LogP) is 3.82. The van der Waals surface area contributed by atoms with Gasteiger partial charge in [0, 0.05) is 11.2 Å². The van der Waals surface area contributed by atoms with Crippen molar-refractivity contribution in [2.45, 2.75) is 12.8 Å². The molecule has 2 aromatic heterocycles. The first-order chi connectivity index (χ1) is 11.8. The highest BCUT2D eigenvalue weighted by molar-refractivity contribution is 6.30. The van der Waals surface area contributed by atoms with Crippen molar-refractivity contribution in [2.75, 3.05) is 0 Å². The van der Waals surface area contributed by atoms with Gasteiger partial charge in [0.15, 0.2) is 0 Å². The van der Waals surface area contributed by atoms with Crippen molar-refractivity contribution in [2.24, 2.45) is 0 Å². The molecule has 0 bridgehead atoms. The number of benzene rings is 1. The second-order valence-electron chi connectivity index (χ2n) is 4.97. The van der Waals surface area contributed by atoms with Gasteiger partial charge in [-0.05, 0) is 23.8 Å². The van der Waals surface area contributed by atoms with Gasteiger partial charge in [0.05, 0.1) is 11.3 Å². The maximum Gasteiger partial charge on any atom is 0.432 e. The SMILES string of the molecule is Oc1nc(OCc2ccc(Cl)cc2)ncc1-c1cc(C(F)(F)F)[nH]n1. The fourth-order valence-electron chi connectivity index (χ4n) is 1.94. The van der Waals surface area contributed by atoms with Crippen LogP contribution in [-0.4, -0.2) is 25.3 Å². The highest BCUT2D eigenvalue weighted by Crippen LogP contribution is 2.32. The molecule has 2 N–H and O–H groups in total. The van der Waals surface area contributed by atoms with E-state index in [4.69, 9.17) is 16.3 Å². The molecule has 3 rings (SSSR count). The van der Waals surface area contributed by atoms with Gasteiger partial charge in [0.25, 0.3) is 0 Å². The first kappa shape index (κ1) is 17.0. The molecule has 3 aromatic rings. The number of nitrogens with zero attached hydrogens (tertiary/aromatic N) is 3. The van der Waals surface area contributed by atoms with Crippen LogP contribution in [0.15, 0.2) is 36.5 Å². The molecule has 0 amide bonds. The van der Waals surface area contributed by atoms with Crippen molar-refractivity contribution in [1.82, 2.24) is 20.2 Å². The summed E-state index contributed by atoms with van der Waals surface area (Å²) in [6.45, 7) is 0.135. The number of aromatic hydroxyl groups is 1. The zero-order valence-corrected chi connectivity index (χ0v) is 13.1. The van der Waals surface area contributed by atoms with Gasteiger partial charge in [0.2, 0.25) is 5.88 Å². The van der Waals surface area contributed by atoms with Gasteiger partial charge in [0.1, 0.15) is 12.3 Å².